The van der Waals surface area contributed by atoms with Crippen molar-refractivity contribution in [2.45, 2.75) is 168 Å². The number of allylic oxidation sites excluding steroid dienone is 8. The molecule has 0 spiro atoms. The standard InChI is InChI=1S/C41H71O9P/c1-4-5-31-38(42)32-27-23-19-15-11-7-9-12-16-20-24-28-33-40(43)48-35-39(36-49-51(45,46)47)50-41(44)34-29-25-21-17-13-8-6-10-14-18-22-26-30-37(2)3/h5,7,9,15-16,19-20,23,27,31,37-39,42H,4,6,8,10-14,17-18,21-22,24-26,28-30,32-36H2,1-3H3,(H2,45,46,47)/b9-7-,19-15-,20-16-,27-23+,31-5-/t38?,39-/m1/s1. The lowest BCUT2D eigenvalue weighted by Crippen LogP contribution is -2.29. The SMILES string of the molecule is CC/C=C\C(O)C/C=C/C=C\C/C=C\C/C=C\CCCC(=O)OC[C@H](COP(=O)(O)O)OC(=O)CCCCCCCCCCCCCCC(C)C. The zero-order valence-electron chi connectivity index (χ0n) is 32.0. The van der Waals surface area contributed by atoms with Gasteiger partial charge in [0.25, 0.3) is 0 Å². The summed E-state index contributed by atoms with van der Waals surface area (Å²) in [5, 5.41) is 9.73. The largest absolute Gasteiger partial charge is 0.469 e. The molecule has 0 aliphatic heterocycles. The number of carbonyl (C=O) groups is 2. The smallest absolute Gasteiger partial charge is 0.462 e. The summed E-state index contributed by atoms with van der Waals surface area (Å²) in [7, 11) is -4.77. The van der Waals surface area contributed by atoms with Crippen molar-refractivity contribution in [3.8, 4) is 0 Å². The summed E-state index contributed by atoms with van der Waals surface area (Å²) in [6.07, 6.45) is 38.6. The third-order valence-electron chi connectivity index (χ3n) is 8.05. The van der Waals surface area contributed by atoms with E-state index in [0.29, 0.717) is 25.7 Å². The molecule has 0 heterocycles. The lowest BCUT2D eigenvalue weighted by Gasteiger charge is -2.18. The number of esters is 2. The average molecular weight is 739 g/mol. The normalized spacial score (nSPS) is 13.9. The monoisotopic (exact) mass is 738 g/mol. The van der Waals surface area contributed by atoms with Crippen molar-refractivity contribution < 1.29 is 43.0 Å². The molecule has 0 saturated heterocycles. The minimum Gasteiger partial charge on any atom is -0.462 e. The maximum atomic E-state index is 12.4. The quantitative estimate of drug-likeness (QED) is 0.0193. The molecule has 0 radical (unpaired) electrons. The fourth-order valence-electron chi connectivity index (χ4n) is 5.14. The van der Waals surface area contributed by atoms with Crippen LogP contribution in [0.1, 0.15) is 156 Å². The minimum absolute atomic E-state index is 0.170. The second kappa shape index (κ2) is 34.8. The lowest BCUT2D eigenvalue weighted by molar-refractivity contribution is -0.161. The van der Waals surface area contributed by atoms with Crippen LogP contribution in [-0.2, 0) is 28.2 Å². The number of hydrogen-bond acceptors (Lipinski definition) is 7. The Kier molecular flexibility index (Phi) is 33.2. The number of aliphatic hydroxyl groups excluding tert-OH is 1. The van der Waals surface area contributed by atoms with Gasteiger partial charge in [-0.3, -0.25) is 14.1 Å². The molecular weight excluding hydrogens is 667 g/mol. The van der Waals surface area contributed by atoms with E-state index in [0.717, 1.165) is 44.4 Å². The van der Waals surface area contributed by atoms with Crippen molar-refractivity contribution in [2.24, 2.45) is 5.92 Å². The highest BCUT2D eigenvalue weighted by Crippen LogP contribution is 2.36. The van der Waals surface area contributed by atoms with Gasteiger partial charge in [0.05, 0.1) is 12.7 Å². The second-order valence-electron chi connectivity index (χ2n) is 13.6. The maximum absolute atomic E-state index is 12.4. The van der Waals surface area contributed by atoms with Crippen LogP contribution in [0.25, 0.3) is 0 Å². The molecule has 0 bridgehead atoms. The fourth-order valence-corrected chi connectivity index (χ4v) is 5.50. The van der Waals surface area contributed by atoms with Gasteiger partial charge in [-0.25, -0.2) is 4.57 Å². The molecule has 0 aliphatic rings. The Morgan fingerprint density at radius 2 is 1.22 bits per heavy atom. The van der Waals surface area contributed by atoms with Gasteiger partial charge in [0.2, 0.25) is 0 Å². The molecule has 1 unspecified atom stereocenters. The van der Waals surface area contributed by atoms with E-state index in [4.69, 9.17) is 19.3 Å². The molecule has 0 aliphatic carbocycles. The molecule has 0 rings (SSSR count). The summed E-state index contributed by atoms with van der Waals surface area (Å²) in [6.45, 7) is 5.71. The first kappa shape index (κ1) is 48.7. The molecule has 0 aromatic rings. The van der Waals surface area contributed by atoms with E-state index in [1.165, 1.54) is 57.8 Å². The summed E-state index contributed by atoms with van der Waals surface area (Å²) < 4.78 is 26.3. The number of phosphoric acid groups is 1. The molecule has 3 N–H and O–H groups in total. The maximum Gasteiger partial charge on any atom is 0.469 e. The first-order chi connectivity index (χ1) is 24.5. The van der Waals surface area contributed by atoms with Crippen LogP contribution < -0.4 is 0 Å². The van der Waals surface area contributed by atoms with Crippen LogP contribution >= 0.6 is 7.82 Å². The summed E-state index contributed by atoms with van der Waals surface area (Å²) >= 11 is 0. The third-order valence-corrected chi connectivity index (χ3v) is 8.54. The third kappa shape index (κ3) is 38.8. The molecule has 2 atom stereocenters. The number of rotatable bonds is 34. The van der Waals surface area contributed by atoms with Gasteiger partial charge in [-0.1, -0.05) is 159 Å². The summed E-state index contributed by atoms with van der Waals surface area (Å²) in [6, 6.07) is 0. The molecule has 0 aromatic carbocycles. The van der Waals surface area contributed by atoms with Gasteiger partial charge in [0.15, 0.2) is 6.10 Å². The Morgan fingerprint density at radius 3 is 1.82 bits per heavy atom. The molecule has 0 aromatic heterocycles. The first-order valence-corrected chi connectivity index (χ1v) is 21.1. The Balaban J connectivity index is 4.09. The predicted octanol–water partition coefficient (Wildman–Crippen LogP) is 10.6. The minimum atomic E-state index is -4.77. The number of unbranched alkanes of at least 4 members (excludes halogenated alkanes) is 12. The van der Waals surface area contributed by atoms with Gasteiger partial charge in [0.1, 0.15) is 6.61 Å². The van der Waals surface area contributed by atoms with Crippen LogP contribution in [0.4, 0.5) is 0 Å². The van der Waals surface area contributed by atoms with Crippen molar-refractivity contribution >= 4 is 19.8 Å². The van der Waals surface area contributed by atoms with Gasteiger partial charge in [-0.2, -0.15) is 0 Å². The number of ether oxygens (including phenoxy) is 2. The highest BCUT2D eigenvalue weighted by Gasteiger charge is 2.22. The van der Waals surface area contributed by atoms with E-state index in [2.05, 4.69) is 30.5 Å². The molecule has 0 saturated carbocycles. The summed E-state index contributed by atoms with van der Waals surface area (Å²) in [5.74, 6) is -0.171. The van der Waals surface area contributed by atoms with E-state index in [1.807, 2.05) is 55.5 Å². The highest BCUT2D eigenvalue weighted by molar-refractivity contribution is 7.46. The van der Waals surface area contributed by atoms with E-state index in [9.17, 15) is 19.3 Å². The molecule has 9 nitrogen and oxygen atoms in total. The van der Waals surface area contributed by atoms with Crippen molar-refractivity contribution in [2.75, 3.05) is 13.2 Å². The van der Waals surface area contributed by atoms with Crippen molar-refractivity contribution in [1.82, 2.24) is 0 Å². The zero-order valence-corrected chi connectivity index (χ0v) is 32.9. The van der Waals surface area contributed by atoms with Crippen LogP contribution in [0.5, 0.6) is 0 Å². The Bertz CT molecular complexity index is 1040. The molecule has 10 heteroatoms. The van der Waals surface area contributed by atoms with Gasteiger partial charge in [-0.15, -0.1) is 0 Å². The Labute approximate surface area is 309 Å². The summed E-state index contributed by atoms with van der Waals surface area (Å²) in [4.78, 5) is 42.7. The number of phosphoric ester groups is 1. The predicted molar refractivity (Wildman–Crippen MR) is 208 cm³/mol. The molecular formula is C41H71O9P. The van der Waals surface area contributed by atoms with E-state index in [1.54, 1.807) is 0 Å². The highest BCUT2D eigenvalue weighted by atomic mass is 31.2. The van der Waals surface area contributed by atoms with E-state index < -0.39 is 38.6 Å². The number of carbonyl (C=O) groups excluding carboxylic acids is 2. The Hall–Kier alpha value is -2.29. The van der Waals surface area contributed by atoms with Crippen molar-refractivity contribution in [3.63, 3.8) is 0 Å². The van der Waals surface area contributed by atoms with E-state index in [-0.39, 0.29) is 19.4 Å². The molecule has 294 valence electrons. The van der Waals surface area contributed by atoms with E-state index >= 15 is 0 Å². The van der Waals surface area contributed by atoms with Crippen LogP contribution in [0.3, 0.4) is 0 Å². The van der Waals surface area contributed by atoms with Crippen LogP contribution in [0.15, 0.2) is 60.8 Å². The topological polar surface area (TPSA) is 140 Å². The van der Waals surface area contributed by atoms with Gasteiger partial charge < -0.3 is 24.4 Å². The van der Waals surface area contributed by atoms with Crippen LogP contribution in [0, 0.1) is 5.92 Å². The van der Waals surface area contributed by atoms with Crippen molar-refractivity contribution in [1.29, 1.82) is 0 Å². The molecule has 51 heavy (non-hydrogen) atoms. The van der Waals surface area contributed by atoms with Crippen LogP contribution in [-0.4, -0.2) is 52.3 Å². The van der Waals surface area contributed by atoms with Crippen molar-refractivity contribution in [3.05, 3.63) is 60.8 Å². The lowest BCUT2D eigenvalue weighted by atomic mass is 10.0. The second-order valence-corrected chi connectivity index (χ2v) is 14.8. The Morgan fingerprint density at radius 1 is 0.667 bits per heavy atom. The fraction of sp³-hybridized carbons (Fsp3) is 0.707. The summed E-state index contributed by atoms with van der Waals surface area (Å²) in [5.41, 5.74) is 0. The molecule has 0 fully saturated rings. The molecule has 0 amide bonds. The van der Waals surface area contributed by atoms with Gasteiger partial charge in [0, 0.05) is 12.8 Å². The average Bonchev–Trinajstić information content (AvgIpc) is 3.08. The zero-order chi connectivity index (χ0) is 37.8. The number of hydrogen-bond donors (Lipinski definition) is 3. The van der Waals surface area contributed by atoms with Gasteiger partial charge >= 0.3 is 19.8 Å². The first-order valence-electron chi connectivity index (χ1n) is 19.5. The van der Waals surface area contributed by atoms with Gasteiger partial charge in [-0.05, 0) is 50.9 Å². The number of aliphatic hydroxyl groups is 1. The van der Waals surface area contributed by atoms with Crippen LogP contribution in [0.2, 0.25) is 0 Å².